The van der Waals surface area contributed by atoms with Crippen molar-refractivity contribution in [3.63, 3.8) is 0 Å². The van der Waals surface area contributed by atoms with Crippen molar-refractivity contribution in [2.75, 3.05) is 13.1 Å². The Kier molecular flexibility index (Phi) is 4.09. The number of carbonyl (C=O) groups is 1. The van der Waals surface area contributed by atoms with E-state index in [9.17, 15) is 4.79 Å². The Morgan fingerprint density at radius 3 is 2.83 bits per heavy atom. The molecule has 2 fully saturated rings. The van der Waals surface area contributed by atoms with E-state index in [4.69, 9.17) is 11.3 Å². The minimum Gasteiger partial charge on any atom is -0.368 e. The first-order chi connectivity index (χ1) is 8.68. The van der Waals surface area contributed by atoms with Crippen molar-refractivity contribution in [1.82, 2.24) is 5.32 Å². The minimum atomic E-state index is -0.573. The first-order valence-electron chi connectivity index (χ1n) is 6.74. The number of carbonyl (C=O) groups excluding carboxylic acids is 1. The number of amides is 1. The van der Waals surface area contributed by atoms with Gasteiger partial charge in [0.1, 0.15) is 0 Å². The number of hydrogen-bond acceptors (Lipinski definition) is 3. The van der Waals surface area contributed by atoms with Gasteiger partial charge in [-0.05, 0) is 43.1 Å². The van der Waals surface area contributed by atoms with Gasteiger partial charge in [0.15, 0.2) is 0 Å². The lowest BCUT2D eigenvalue weighted by atomic mass is 9.73. The van der Waals surface area contributed by atoms with Gasteiger partial charge < -0.3 is 11.1 Å². The van der Waals surface area contributed by atoms with Crippen LogP contribution in [0, 0.1) is 11.8 Å². The summed E-state index contributed by atoms with van der Waals surface area (Å²) in [6, 6.07) is 0. The maximum absolute atomic E-state index is 11.8. The van der Waals surface area contributed by atoms with Crippen molar-refractivity contribution >= 4 is 5.91 Å². The van der Waals surface area contributed by atoms with Crippen molar-refractivity contribution in [3.05, 3.63) is 10.4 Å². The molecule has 0 aliphatic heterocycles. The largest absolute Gasteiger partial charge is 0.368 e. The summed E-state index contributed by atoms with van der Waals surface area (Å²) in [5, 5.41) is 6.72. The molecule has 3 N–H and O–H groups in total. The van der Waals surface area contributed by atoms with Crippen LogP contribution in [0.15, 0.2) is 5.11 Å². The fourth-order valence-corrected chi connectivity index (χ4v) is 3.15. The lowest BCUT2D eigenvalue weighted by molar-refractivity contribution is -0.126. The molecule has 2 aliphatic rings. The SMILES string of the molecule is [N-]=[N+]=NCCNC1(C(N)=O)CCCC(C2CC2)C1. The van der Waals surface area contributed by atoms with Crippen LogP contribution in [0.4, 0.5) is 0 Å². The average Bonchev–Trinajstić information content (AvgIpc) is 3.19. The van der Waals surface area contributed by atoms with E-state index >= 15 is 0 Å². The van der Waals surface area contributed by atoms with Gasteiger partial charge in [-0.15, -0.1) is 0 Å². The molecule has 2 saturated carbocycles. The van der Waals surface area contributed by atoms with Crippen LogP contribution in [0.2, 0.25) is 0 Å². The molecule has 0 heterocycles. The number of rotatable bonds is 6. The molecule has 0 spiro atoms. The van der Waals surface area contributed by atoms with E-state index in [1.807, 2.05) is 0 Å². The summed E-state index contributed by atoms with van der Waals surface area (Å²) in [6.45, 7) is 0.879. The molecule has 0 saturated heterocycles. The summed E-state index contributed by atoms with van der Waals surface area (Å²) in [7, 11) is 0. The highest BCUT2D eigenvalue weighted by Crippen LogP contribution is 2.46. The normalized spacial score (nSPS) is 31.7. The molecule has 6 nitrogen and oxygen atoms in total. The van der Waals surface area contributed by atoms with E-state index in [2.05, 4.69) is 15.3 Å². The predicted molar refractivity (Wildman–Crippen MR) is 68.6 cm³/mol. The van der Waals surface area contributed by atoms with Crippen molar-refractivity contribution in [2.24, 2.45) is 22.7 Å². The van der Waals surface area contributed by atoms with E-state index in [1.54, 1.807) is 0 Å². The lowest BCUT2D eigenvalue weighted by Gasteiger charge is -2.39. The summed E-state index contributed by atoms with van der Waals surface area (Å²) < 4.78 is 0. The lowest BCUT2D eigenvalue weighted by Crippen LogP contribution is -2.58. The summed E-state index contributed by atoms with van der Waals surface area (Å²) in [5.41, 5.74) is 13.3. The second-order valence-electron chi connectivity index (χ2n) is 5.52. The zero-order valence-corrected chi connectivity index (χ0v) is 10.6. The molecule has 2 rings (SSSR count). The number of nitrogens with zero attached hydrogens (tertiary/aromatic N) is 3. The smallest absolute Gasteiger partial charge is 0.237 e. The summed E-state index contributed by atoms with van der Waals surface area (Å²) in [4.78, 5) is 14.5. The Morgan fingerprint density at radius 2 is 2.22 bits per heavy atom. The third-order valence-electron chi connectivity index (χ3n) is 4.29. The maximum Gasteiger partial charge on any atom is 0.237 e. The molecular formula is C12H21N5O. The molecule has 0 bridgehead atoms. The number of hydrogen-bond donors (Lipinski definition) is 2. The van der Waals surface area contributed by atoms with E-state index in [0.29, 0.717) is 19.0 Å². The number of azide groups is 1. The maximum atomic E-state index is 11.8. The third-order valence-corrected chi connectivity index (χ3v) is 4.29. The van der Waals surface area contributed by atoms with Crippen LogP contribution in [0.1, 0.15) is 38.5 Å². The molecule has 0 aromatic carbocycles. The Morgan fingerprint density at radius 1 is 1.44 bits per heavy atom. The first-order valence-corrected chi connectivity index (χ1v) is 6.74. The zero-order chi connectivity index (χ0) is 13.0. The molecular weight excluding hydrogens is 230 g/mol. The van der Waals surface area contributed by atoms with Gasteiger partial charge in [0.2, 0.25) is 5.91 Å². The Labute approximate surface area is 107 Å². The van der Waals surface area contributed by atoms with Gasteiger partial charge in [-0.25, -0.2) is 0 Å². The summed E-state index contributed by atoms with van der Waals surface area (Å²) in [6.07, 6.45) is 6.54. The molecule has 2 atom stereocenters. The monoisotopic (exact) mass is 251 g/mol. The molecule has 0 aromatic heterocycles. The van der Waals surface area contributed by atoms with Crippen LogP contribution < -0.4 is 11.1 Å². The van der Waals surface area contributed by atoms with Crippen LogP contribution in [0.3, 0.4) is 0 Å². The quantitative estimate of drug-likeness (QED) is 0.325. The molecule has 6 heteroatoms. The topological polar surface area (TPSA) is 104 Å². The Balaban J connectivity index is 1.96. The average molecular weight is 251 g/mol. The fraction of sp³-hybridized carbons (Fsp3) is 0.917. The van der Waals surface area contributed by atoms with E-state index in [1.165, 1.54) is 19.3 Å². The third kappa shape index (κ3) is 2.94. The standard InChI is InChI=1S/C12H21N5O/c13-11(18)12(15-6-7-16-17-14)5-1-2-10(8-12)9-3-4-9/h9-10,15H,1-8H2,(H2,13,18). The van der Waals surface area contributed by atoms with Gasteiger partial charge >= 0.3 is 0 Å². The summed E-state index contributed by atoms with van der Waals surface area (Å²) in [5.74, 6) is 1.19. The molecule has 2 aliphatic carbocycles. The van der Waals surface area contributed by atoms with Crippen LogP contribution in [-0.2, 0) is 4.79 Å². The molecule has 1 amide bonds. The van der Waals surface area contributed by atoms with Gasteiger partial charge in [-0.3, -0.25) is 4.79 Å². The van der Waals surface area contributed by atoms with Crippen molar-refractivity contribution in [2.45, 2.75) is 44.1 Å². The molecule has 0 aromatic rings. The minimum absolute atomic E-state index is 0.256. The van der Waals surface area contributed by atoms with Crippen molar-refractivity contribution < 1.29 is 4.79 Å². The van der Waals surface area contributed by atoms with Crippen LogP contribution >= 0.6 is 0 Å². The summed E-state index contributed by atoms with van der Waals surface area (Å²) >= 11 is 0. The highest BCUT2D eigenvalue weighted by Gasteiger charge is 2.45. The van der Waals surface area contributed by atoms with Gasteiger partial charge in [0.25, 0.3) is 0 Å². The van der Waals surface area contributed by atoms with Crippen LogP contribution in [0.5, 0.6) is 0 Å². The number of nitrogens with one attached hydrogen (secondary N) is 1. The molecule has 2 unspecified atom stereocenters. The van der Waals surface area contributed by atoms with Gasteiger partial charge in [-0.1, -0.05) is 18.0 Å². The molecule has 0 radical (unpaired) electrons. The fourth-order valence-electron chi connectivity index (χ4n) is 3.15. The Hall–Kier alpha value is -1.26. The van der Waals surface area contributed by atoms with Crippen molar-refractivity contribution in [3.8, 4) is 0 Å². The van der Waals surface area contributed by atoms with Crippen LogP contribution in [0.25, 0.3) is 10.4 Å². The van der Waals surface area contributed by atoms with Crippen molar-refractivity contribution in [1.29, 1.82) is 0 Å². The second kappa shape index (κ2) is 5.59. The predicted octanol–water partition coefficient (Wildman–Crippen LogP) is 1.71. The second-order valence-corrected chi connectivity index (χ2v) is 5.52. The number of primary amides is 1. The number of nitrogens with two attached hydrogens (primary N) is 1. The Bertz CT molecular complexity index is 361. The van der Waals surface area contributed by atoms with Crippen LogP contribution in [-0.4, -0.2) is 24.5 Å². The van der Waals surface area contributed by atoms with Gasteiger partial charge in [0.05, 0.1) is 5.54 Å². The first kappa shape index (κ1) is 13.2. The highest BCUT2D eigenvalue weighted by molar-refractivity contribution is 5.84. The van der Waals surface area contributed by atoms with Gasteiger partial charge in [-0.2, -0.15) is 0 Å². The molecule has 100 valence electrons. The van der Waals surface area contributed by atoms with E-state index < -0.39 is 5.54 Å². The zero-order valence-electron chi connectivity index (χ0n) is 10.6. The van der Waals surface area contributed by atoms with E-state index in [-0.39, 0.29) is 5.91 Å². The van der Waals surface area contributed by atoms with Gasteiger partial charge in [0, 0.05) is 18.0 Å². The highest BCUT2D eigenvalue weighted by atomic mass is 16.1. The van der Waals surface area contributed by atoms with E-state index in [0.717, 1.165) is 25.2 Å². The molecule has 18 heavy (non-hydrogen) atoms.